The summed E-state index contributed by atoms with van der Waals surface area (Å²) in [4.78, 5) is 12.3. The summed E-state index contributed by atoms with van der Waals surface area (Å²) in [7, 11) is -0.593. The normalized spacial score (nSPS) is 11.3. The first kappa shape index (κ1) is 21.2. The van der Waals surface area contributed by atoms with Crippen LogP contribution in [0.2, 0.25) is 0 Å². The number of ether oxygens (including phenoxy) is 2. The monoisotopic (exact) mass is 405 g/mol. The maximum Gasteiger partial charge on any atom is 0.260 e. The third-order valence-corrected chi connectivity index (χ3v) is 5.03. The van der Waals surface area contributed by atoms with Crippen molar-refractivity contribution in [3.63, 3.8) is 0 Å². The van der Waals surface area contributed by atoms with Gasteiger partial charge in [0.05, 0.1) is 32.4 Å². The van der Waals surface area contributed by atoms with E-state index in [0.717, 1.165) is 16.1 Å². The maximum absolute atomic E-state index is 12.3. The Morgan fingerprint density at radius 2 is 1.89 bits per heavy atom. The zero-order valence-corrected chi connectivity index (χ0v) is 17.0. The van der Waals surface area contributed by atoms with Crippen molar-refractivity contribution in [1.82, 2.24) is 5.43 Å². The Morgan fingerprint density at radius 1 is 1.18 bits per heavy atom. The Kier molecular flexibility index (Phi) is 7.00. The van der Waals surface area contributed by atoms with Crippen LogP contribution in [0.4, 0.5) is 5.69 Å². The van der Waals surface area contributed by atoms with Gasteiger partial charge >= 0.3 is 0 Å². The van der Waals surface area contributed by atoms with Gasteiger partial charge in [-0.25, -0.2) is 13.8 Å². The first-order valence-corrected chi connectivity index (χ1v) is 10.2. The molecule has 2 aromatic carbocycles. The Balaban J connectivity index is 2.14. The number of hydrogen-bond donors (Lipinski definition) is 1. The molecule has 0 aromatic heterocycles. The summed E-state index contributed by atoms with van der Waals surface area (Å²) in [6.45, 7) is 1.38. The molecular formula is C19H23N3O5S. The smallest absolute Gasteiger partial charge is 0.260 e. The van der Waals surface area contributed by atoms with Crippen LogP contribution < -0.4 is 19.2 Å². The number of amides is 1. The number of nitrogens with zero attached hydrogens (tertiary/aromatic N) is 2. The summed E-state index contributed by atoms with van der Waals surface area (Å²) in [5.41, 5.74) is 4.12. The van der Waals surface area contributed by atoms with Gasteiger partial charge in [0.15, 0.2) is 0 Å². The molecule has 0 aliphatic heterocycles. The lowest BCUT2D eigenvalue weighted by Crippen LogP contribution is -2.39. The number of rotatable bonds is 8. The third-order valence-electron chi connectivity index (χ3n) is 3.90. The van der Waals surface area contributed by atoms with E-state index in [9.17, 15) is 13.2 Å². The summed E-state index contributed by atoms with van der Waals surface area (Å²) in [5, 5.41) is 3.90. The zero-order valence-electron chi connectivity index (χ0n) is 16.2. The molecule has 0 saturated carbocycles. The SMILES string of the molecule is COc1ccc(OC)c(/C=N\NC(=O)CN(c2ccccc2C)S(C)(=O)=O)c1. The number of carbonyl (C=O) groups is 1. The number of benzene rings is 2. The molecule has 1 N–H and O–H groups in total. The quantitative estimate of drug-likeness (QED) is 0.535. The highest BCUT2D eigenvalue weighted by Crippen LogP contribution is 2.23. The van der Waals surface area contributed by atoms with E-state index in [1.54, 1.807) is 49.4 Å². The van der Waals surface area contributed by atoms with Gasteiger partial charge in [-0.1, -0.05) is 18.2 Å². The van der Waals surface area contributed by atoms with Gasteiger partial charge in [0, 0.05) is 5.56 Å². The predicted molar refractivity (Wildman–Crippen MR) is 109 cm³/mol. The number of aryl methyl sites for hydroxylation is 1. The van der Waals surface area contributed by atoms with E-state index in [1.807, 2.05) is 0 Å². The predicted octanol–water partition coefficient (Wildman–Crippen LogP) is 1.93. The average Bonchev–Trinajstić information content (AvgIpc) is 2.66. The largest absolute Gasteiger partial charge is 0.497 e. The van der Waals surface area contributed by atoms with Crippen molar-refractivity contribution in [3.8, 4) is 11.5 Å². The fourth-order valence-electron chi connectivity index (χ4n) is 2.50. The summed E-state index contributed by atoms with van der Waals surface area (Å²) in [5.74, 6) is 0.583. The molecule has 0 aliphatic carbocycles. The minimum atomic E-state index is -3.65. The van der Waals surface area contributed by atoms with Crippen LogP contribution in [0, 0.1) is 6.92 Å². The number of sulfonamides is 1. The van der Waals surface area contributed by atoms with E-state index >= 15 is 0 Å². The maximum atomic E-state index is 12.3. The highest BCUT2D eigenvalue weighted by molar-refractivity contribution is 7.92. The van der Waals surface area contributed by atoms with Crippen LogP contribution >= 0.6 is 0 Å². The highest BCUT2D eigenvalue weighted by atomic mass is 32.2. The van der Waals surface area contributed by atoms with E-state index in [4.69, 9.17) is 9.47 Å². The van der Waals surface area contributed by atoms with Crippen molar-refractivity contribution in [2.45, 2.75) is 6.92 Å². The van der Waals surface area contributed by atoms with E-state index in [2.05, 4.69) is 10.5 Å². The van der Waals surface area contributed by atoms with Gasteiger partial charge in [0.2, 0.25) is 10.0 Å². The molecule has 0 fully saturated rings. The van der Waals surface area contributed by atoms with E-state index in [0.29, 0.717) is 22.7 Å². The molecule has 8 nitrogen and oxygen atoms in total. The fraction of sp³-hybridized carbons (Fsp3) is 0.263. The van der Waals surface area contributed by atoms with Crippen molar-refractivity contribution in [3.05, 3.63) is 53.6 Å². The van der Waals surface area contributed by atoms with Crippen LogP contribution in [-0.4, -0.2) is 47.6 Å². The molecule has 0 saturated heterocycles. The molecule has 0 radical (unpaired) electrons. The van der Waals surface area contributed by atoms with Gasteiger partial charge in [-0.05, 0) is 36.8 Å². The zero-order chi connectivity index (χ0) is 20.7. The number of para-hydroxylation sites is 1. The summed E-state index contributed by atoms with van der Waals surface area (Å²) >= 11 is 0. The Hall–Kier alpha value is -3.07. The number of anilines is 1. The van der Waals surface area contributed by atoms with Crippen molar-refractivity contribution < 1.29 is 22.7 Å². The minimum absolute atomic E-state index is 0.393. The van der Waals surface area contributed by atoms with Crippen molar-refractivity contribution in [1.29, 1.82) is 0 Å². The third kappa shape index (κ3) is 5.46. The molecule has 1 amide bonds. The Labute approximate surface area is 164 Å². The summed E-state index contributed by atoms with van der Waals surface area (Å²) in [6, 6.07) is 12.1. The standard InChI is InChI=1S/C19H23N3O5S/c1-14-7-5-6-8-17(14)22(28(4,24)25)13-19(23)21-20-12-15-11-16(26-2)9-10-18(15)27-3/h5-12H,13H2,1-4H3,(H,21,23)/b20-12-. The van der Waals surface area contributed by atoms with Gasteiger partial charge in [-0.3, -0.25) is 9.10 Å². The molecule has 0 atom stereocenters. The van der Waals surface area contributed by atoms with Gasteiger partial charge in [-0.2, -0.15) is 5.10 Å². The lowest BCUT2D eigenvalue weighted by Gasteiger charge is -2.23. The number of hydrogen-bond acceptors (Lipinski definition) is 6. The van der Waals surface area contributed by atoms with Gasteiger partial charge in [0.1, 0.15) is 18.0 Å². The number of nitrogens with one attached hydrogen (secondary N) is 1. The van der Waals surface area contributed by atoms with Crippen molar-refractivity contribution >= 4 is 27.8 Å². The summed E-state index contributed by atoms with van der Waals surface area (Å²) in [6.07, 6.45) is 2.45. The molecular weight excluding hydrogens is 382 g/mol. The lowest BCUT2D eigenvalue weighted by atomic mass is 10.2. The van der Waals surface area contributed by atoms with Crippen LogP contribution in [0.3, 0.4) is 0 Å². The van der Waals surface area contributed by atoms with E-state index in [-0.39, 0.29) is 0 Å². The highest BCUT2D eigenvalue weighted by Gasteiger charge is 2.21. The molecule has 150 valence electrons. The van der Waals surface area contributed by atoms with E-state index in [1.165, 1.54) is 20.4 Å². The summed E-state index contributed by atoms with van der Waals surface area (Å²) < 4.78 is 35.7. The minimum Gasteiger partial charge on any atom is -0.497 e. The number of hydrazone groups is 1. The number of methoxy groups -OCH3 is 2. The molecule has 0 aliphatic rings. The second kappa shape index (κ2) is 9.23. The molecule has 28 heavy (non-hydrogen) atoms. The van der Waals surface area contributed by atoms with Crippen LogP contribution in [0.5, 0.6) is 11.5 Å². The van der Waals surface area contributed by atoms with Crippen molar-refractivity contribution in [2.24, 2.45) is 5.10 Å². The molecule has 0 heterocycles. The van der Waals surface area contributed by atoms with Gasteiger partial charge in [-0.15, -0.1) is 0 Å². The molecule has 0 bridgehead atoms. The van der Waals surface area contributed by atoms with Crippen LogP contribution in [0.25, 0.3) is 0 Å². The van der Waals surface area contributed by atoms with Gasteiger partial charge in [0.25, 0.3) is 5.91 Å². The Bertz CT molecular complexity index is 973. The molecule has 2 aromatic rings. The Morgan fingerprint density at radius 3 is 2.50 bits per heavy atom. The van der Waals surface area contributed by atoms with Gasteiger partial charge < -0.3 is 9.47 Å². The molecule has 2 rings (SSSR count). The average molecular weight is 405 g/mol. The fourth-order valence-corrected chi connectivity index (χ4v) is 3.42. The molecule has 0 unspecified atom stereocenters. The number of carbonyl (C=O) groups excluding carboxylic acids is 1. The lowest BCUT2D eigenvalue weighted by molar-refractivity contribution is -0.119. The first-order valence-electron chi connectivity index (χ1n) is 8.33. The molecule has 9 heteroatoms. The second-order valence-corrected chi connectivity index (χ2v) is 7.86. The van der Waals surface area contributed by atoms with Crippen LogP contribution in [0.15, 0.2) is 47.6 Å². The first-order chi connectivity index (χ1) is 13.3. The topological polar surface area (TPSA) is 97.3 Å². The molecule has 0 spiro atoms. The van der Waals surface area contributed by atoms with Crippen LogP contribution in [0.1, 0.15) is 11.1 Å². The second-order valence-electron chi connectivity index (χ2n) is 5.96. The van der Waals surface area contributed by atoms with Crippen LogP contribution in [-0.2, 0) is 14.8 Å². The van der Waals surface area contributed by atoms with Crippen molar-refractivity contribution in [2.75, 3.05) is 31.3 Å². The van der Waals surface area contributed by atoms with E-state index < -0.39 is 22.5 Å².